The molecule has 0 radical (unpaired) electrons. The Morgan fingerprint density at radius 1 is 0.214 bits per heavy atom. The summed E-state index contributed by atoms with van der Waals surface area (Å²) in [6.45, 7) is 11.2. The molecule has 0 heterocycles. The van der Waals surface area contributed by atoms with Crippen molar-refractivity contribution >= 4 is 0 Å². The van der Waals surface area contributed by atoms with Crippen LogP contribution >= 0.6 is 0 Å². The van der Waals surface area contributed by atoms with E-state index in [4.69, 9.17) is 0 Å². The Morgan fingerprint density at radius 3 is 0.595 bits per heavy atom. The SMILES string of the molecule is CCCCCCCCCCCCCCCCCCC[N+](C)(CCC)CCCCCCCCCCCCCCCCCC. The average molecular weight is 593 g/mol. The first-order valence-electron chi connectivity index (χ1n) is 20.5. The zero-order valence-electron chi connectivity index (χ0n) is 30.6. The van der Waals surface area contributed by atoms with Gasteiger partial charge in [-0.15, -0.1) is 0 Å². The fraction of sp³-hybridized carbons (Fsp3) is 1.00. The van der Waals surface area contributed by atoms with Crippen LogP contribution in [0.25, 0.3) is 0 Å². The number of hydrogen-bond donors (Lipinski definition) is 0. The minimum Gasteiger partial charge on any atom is -0.326 e. The first-order valence-corrected chi connectivity index (χ1v) is 20.5. The van der Waals surface area contributed by atoms with Crippen LogP contribution < -0.4 is 0 Å². The molecule has 0 bridgehead atoms. The molecule has 0 saturated heterocycles. The molecule has 0 aromatic carbocycles. The number of nitrogens with zero attached hydrogens (tertiary/aromatic N) is 1. The monoisotopic (exact) mass is 593 g/mol. The summed E-state index contributed by atoms with van der Waals surface area (Å²) in [7, 11) is 2.56. The fourth-order valence-corrected chi connectivity index (χ4v) is 7.14. The van der Waals surface area contributed by atoms with E-state index in [1.807, 2.05) is 0 Å². The minimum absolute atomic E-state index is 1.34. The van der Waals surface area contributed by atoms with Gasteiger partial charge in [0.25, 0.3) is 0 Å². The summed E-state index contributed by atoms with van der Waals surface area (Å²) in [5.41, 5.74) is 0. The van der Waals surface area contributed by atoms with E-state index in [0.29, 0.717) is 0 Å². The van der Waals surface area contributed by atoms with Crippen molar-refractivity contribution < 1.29 is 4.48 Å². The second kappa shape index (κ2) is 35.4. The molecule has 1 heteroatoms. The number of rotatable bonds is 37. The van der Waals surface area contributed by atoms with Gasteiger partial charge in [-0.05, 0) is 32.1 Å². The highest BCUT2D eigenvalue weighted by Crippen LogP contribution is 2.17. The van der Waals surface area contributed by atoms with E-state index < -0.39 is 0 Å². The van der Waals surface area contributed by atoms with Gasteiger partial charge in [-0.3, -0.25) is 0 Å². The van der Waals surface area contributed by atoms with Gasteiger partial charge in [0.15, 0.2) is 0 Å². The van der Waals surface area contributed by atoms with Crippen LogP contribution in [-0.4, -0.2) is 31.2 Å². The van der Waals surface area contributed by atoms with Crippen LogP contribution in [0.1, 0.15) is 239 Å². The lowest BCUT2D eigenvalue weighted by atomic mass is 10.0. The molecule has 0 aliphatic heterocycles. The topological polar surface area (TPSA) is 0 Å². The van der Waals surface area contributed by atoms with Crippen LogP contribution in [0.2, 0.25) is 0 Å². The number of quaternary nitrogens is 1. The molecular formula is C41H86N+. The molecule has 0 spiro atoms. The van der Waals surface area contributed by atoms with Crippen molar-refractivity contribution in [3.8, 4) is 0 Å². The van der Waals surface area contributed by atoms with Gasteiger partial charge in [-0.1, -0.05) is 207 Å². The fourth-order valence-electron chi connectivity index (χ4n) is 7.14. The van der Waals surface area contributed by atoms with Gasteiger partial charge in [0, 0.05) is 0 Å². The third-order valence-corrected chi connectivity index (χ3v) is 10.1. The van der Waals surface area contributed by atoms with Crippen LogP contribution in [0.3, 0.4) is 0 Å². The Kier molecular flexibility index (Phi) is 35.4. The molecule has 1 nitrogen and oxygen atoms in total. The highest BCUT2D eigenvalue weighted by molar-refractivity contribution is 4.53. The van der Waals surface area contributed by atoms with Crippen molar-refractivity contribution in [1.82, 2.24) is 0 Å². The smallest absolute Gasteiger partial charge is 0.0784 e. The maximum absolute atomic E-state index is 2.56. The van der Waals surface area contributed by atoms with E-state index in [2.05, 4.69) is 27.8 Å². The van der Waals surface area contributed by atoms with Gasteiger partial charge in [-0.2, -0.15) is 0 Å². The van der Waals surface area contributed by atoms with Crippen molar-refractivity contribution in [1.29, 1.82) is 0 Å². The lowest BCUT2D eigenvalue weighted by Gasteiger charge is -2.34. The first kappa shape index (κ1) is 42.0. The van der Waals surface area contributed by atoms with Crippen molar-refractivity contribution in [2.24, 2.45) is 0 Å². The lowest BCUT2D eigenvalue weighted by molar-refractivity contribution is -0.910. The van der Waals surface area contributed by atoms with E-state index in [-0.39, 0.29) is 0 Å². The molecular weight excluding hydrogens is 506 g/mol. The predicted molar refractivity (Wildman–Crippen MR) is 195 cm³/mol. The van der Waals surface area contributed by atoms with Crippen molar-refractivity contribution in [2.75, 3.05) is 26.7 Å². The second-order valence-corrected chi connectivity index (χ2v) is 14.8. The standard InChI is InChI=1S/C41H86N/c1-5-8-10-12-14-16-18-20-22-24-26-28-30-32-34-36-38-41-42(4,39-7-3)40-37-35-33-31-29-27-25-23-21-19-17-15-13-11-9-6-2/h5-41H2,1-4H3/q+1. The zero-order valence-corrected chi connectivity index (χ0v) is 30.6. The molecule has 0 aromatic rings. The molecule has 0 fully saturated rings. The van der Waals surface area contributed by atoms with Gasteiger partial charge in [0.1, 0.15) is 0 Å². The minimum atomic E-state index is 1.34. The van der Waals surface area contributed by atoms with Gasteiger partial charge in [-0.25, -0.2) is 0 Å². The predicted octanol–water partition coefficient (Wildman–Crippen LogP) is 14.8. The molecule has 0 aliphatic carbocycles. The van der Waals surface area contributed by atoms with Gasteiger partial charge >= 0.3 is 0 Å². The third kappa shape index (κ3) is 32.9. The van der Waals surface area contributed by atoms with E-state index in [9.17, 15) is 0 Å². The average Bonchev–Trinajstić information content (AvgIpc) is 2.98. The number of hydrogen-bond acceptors (Lipinski definition) is 0. The summed E-state index contributed by atoms with van der Waals surface area (Å²) in [5.74, 6) is 0. The molecule has 1 atom stereocenters. The molecule has 42 heavy (non-hydrogen) atoms. The molecule has 0 saturated carbocycles. The molecule has 0 amide bonds. The summed E-state index contributed by atoms with van der Waals surface area (Å²) in [6.07, 6.45) is 49.9. The Hall–Kier alpha value is -0.0400. The third-order valence-electron chi connectivity index (χ3n) is 10.1. The largest absolute Gasteiger partial charge is 0.326 e. The maximum Gasteiger partial charge on any atom is 0.0784 e. The highest BCUT2D eigenvalue weighted by atomic mass is 15.3. The quantitative estimate of drug-likeness (QED) is 0.0497. The molecule has 0 rings (SSSR count). The van der Waals surface area contributed by atoms with Gasteiger partial charge < -0.3 is 4.48 Å². The first-order chi connectivity index (χ1) is 20.7. The van der Waals surface area contributed by atoms with Crippen LogP contribution in [0.5, 0.6) is 0 Å². The van der Waals surface area contributed by atoms with Crippen LogP contribution in [-0.2, 0) is 0 Å². The Labute approximate surface area is 269 Å². The molecule has 0 aromatic heterocycles. The van der Waals surface area contributed by atoms with E-state index in [1.54, 1.807) is 0 Å². The van der Waals surface area contributed by atoms with E-state index in [1.165, 1.54) is 242 Å². The van der Waals surface area contributed by atoms with E-state index >= 15 is 0 Å². The molecule has 1 unspecified atom stereocenters. The Bertz CT molecular complexity index is 473. The van der Waals surface area contributed by atoms with Crippen LogP contribution in [0.4, 0.5) is 0 Å². The summed E-state index contributed by atoms with van der Waals surface area (Å²) in [6, 6.07) is 0. The molecule has 254 valence electrons. The maximum atomic E-state index is 2.56. The normalized spacial score (nSPS) is 13.1. The van der Waals surface area contributed by atoms with Gasteiger partial charge in [0.2, 0.25) is 0 Å². The highest BCUT2D eigenvalue weighted by Gasteiger charge is 2.19. The number of unbranched alkanes of at least 4 members (excludes halogenated alkanes) is 31. The van der Waals surface area contributed by atoms with Crippen LogP contribution in [0.15, 0.2) is 0 Å². The van der Waals surface area contributed by atoms with Crippen molar-refractivity contribution in [3.05, 3.63) is 0 Å². The Balaban J connectivity index is 3.48. The van der Waals surface area contributed by atoms with Crippen LogP contribution in [0, 0.1) is 0 Å². The van der Waals surface area contributed by atoms with Gasteiger partial charge in [0.05, 0.1) is 26.7 Å². The summed E-state index contributed by atoms with van der Waals surface area (Å²) in [5, 5.41) is 0. The second-order valence-electron chi connectivity index (χ2n) is 14.8. The lowest BCUT2D eigenvalue weighted by Crippen LogP contribution is -2.46. The molecule has 0 N–H and O–H groups in total. The summed E-state index contributed by atoms with van der Waals surface area (Å²) < 4.78 is 1.34. The summed E-state index contributed by atoms with van der Waals surface area (Å²) >= 11 is 0. The summed E-state index contributed by atoms with van der Waals surface area (Å²) in [4.78, 5) is 0. The zero-order chi connectivity index (χ0) is 30.7. The molecule has 0 aliphatic rings. The van der Waals surface area contributed by atoms with E-state index in [0.717, 1.165) is 0 Å². The van der Waals surface area contributed by atoms with Crippen molar-refractivity contribution in [2.45, 2.75) is 239 Å². The van der Waals surface area contributed by atoms with Crippen molar-refractivity contribution in [3.63, 3.8) is 0 Å². The Morgan fingerprint density at radius 2 is 0.405 bits per heavy atom.